The summed E-state index contributed by atoms with van der Waals surface area (Å²) in [6, 6.07) is 6.30. The van der Waals surface area contributed by atoms with E-state index in [0.29, 0.717) is 13.2 Å². The second-order valence-corrected chi connectivity index (χ2v) is 6.51. The van der Waals surface area contributed by atoms with E-state index in [-0.39, 0.29) is 12.0 Å². The zero-order valence-electron chi connectivity index (χ0n) is 9.91. The lowest BCUT2D eigenvalue weighted by Crippen LogP contribution is -2.47. The molecule has 0 bridgehead atoms. The summed E-state index contributed by atoms with van der Waals surface area (Å²) in [5.41, 5.74) is 2.69. The van der Waals surface area contributed by atoms with Crippen LogP contribution < -0.4 is 0 Å². The van der Waals surface area contributed by atoms with Gasteiger partial charge in [0.25, 0.3) is 0 Å². The molecule has 1 aliphatic heterocycles. The summed E-state index contributed by atoms with van der Waals surface area (Å²) in [5.74, 6) is 1.96. The number of halogens is 1. The van der Waals surface area contributed by atoms with Crippen LogP contribution in [-0.2, 0) is 10.5 Å². The van der Waals surface area contributed by atoms with E-state index in [1.54, 1.807) is 0 Å². The summed E-state index contributed by atoms with van der Waals surface area (Å²) in [7, 11) is 0. The minimum Gasteiger partial charge on any atom is -0.396 e. The van der Waals surface area contributed by atoms with Crippen LogP contribution in [0.3, 0.4) is 0 Å². The van der Waals surface area contributed by atoms with Gasteiger partial charge < -0.3 is 9.84 Å². The molecule has 0 radical (unpaired) electrons. The zero-order chi connectivity index (χ0) is 12.3. The van der Waals surface area contributed by atoms with E-state index in [1.807, 2.05) is 11.8 Å². The van der Waals surface area contributed by atoms with Crippen molar-refractivity contribution < 1.29 is 9.84 Å². The molecule has 0 aromatic heterocycles. The van der Waals surface area contributed by atoms with Crippen molar-refractivity contribution in [3.63, 3.8) is 0 Å². The fourth-order valence-corrected chi connectivity index (χ4v) is 3.53. The molecule has 1 saturated heterocycles. The third-order valence-electron chi connectivity index (χ3n) is 3.20. The molecule has 0 amide bonds. The van der Waals surface area contributed by atoms with Crippen molar-refractivity contribution >= 4 is 27.7 Å². The van der Waals surface area contributed by atoms with Crippen LogP contribution in [0.2, 0.25) is 0 Å². The van der Waals surface area contributed by atoms with Gasteiger partial charge in [0.2, 0.25) is 0 Å². The molecule has 17 heavy (non-hydrogen) atoms. The van der Waals surface area contributed by atoms with E-state index < -0.39 is 0 Å². The standard InChI is InChI=1S/C13H17BrO2S/c1-10-11(3-2-4-12(10)14)5-17-9-13(6-15)7-16-8-13/h2-4,15H,5-9H2,1H3. The topological polar surface area (TPSA) is 29.5 Å². The summed E-state index contributed by atoms with van der Waals surface area (Å²) in [6.07, 6.45) is 0. The van der Waals surface area contributed by atoms with Gasteiger partial charge >= 0.3 is 0 Å². The molecule has 0 atom stereocenters. The molecular weight excluding hydrogens is 300 g/mol. The molecule has 1 aliphatic rings. The third-order valence-corrected chi connectivity index (χ3v) is 5.39. The molecule has 2 nitrogen and oxygen atoms in total. The van der Waals surface area contributed by atoms with Gasteiger partial charge in [-0.3, -0.25) is 0 Å². The molecule has 1 N–H and O–H groups in total. The van der Waals surface area contributed by atoms with Crippen molar-refractivity contribution in [1.82, 2.24) is 0 Å². The summed E-state index contributed by atoms with van der Waals surface area (Å²) >= 11 is 5.42. The van der Waals surface area contributed by atoms with Crippen molar-refractivity contribution in [2.24, 2.45) is 5.41 Å². The number of aliphatic hydroxyl groups excluding tert-OH is 1. The predicted octanol–water partition coefficient (Wildman–Crippen LogP) is 3.00. The molecule has 0 aliphatic carbocycles. The summed E-state index contributed by atoms with van der Waals surface area (Å²) in [6.45, 7) is 3.77. The van der Waals surface area contributed by atoms with Crippen LogP contribution in [0.5, 0.6) is 0 Å². The van der Waals surface area contributed by atoms with Crippen LogP contribution in [0.15, 0.2) is 22.7 Å². The molecule has 1 aromatic carbocycles. The Hall–Kier alpha value is -0.0300. The number of hydrogen-bond acceptors (Lipinski definition) is 3. The van der Waals surface area contributed by atoms with Crippen LogP contribution in [-0.4, -0.2) is 30.7 Å². The smallest absolute Gasteiger partial charge is 0.0575 e. The van der Waals surface area contributed by atoms with Crippen LogP contribution in [0, 0.1) is 12.3 Å². The Labute approximate surface area is 115 Å². The van der Waals surface area contributed by atoms with Gasteiger partial charge in [0.05, 0.1) is 19.8 Å². The average Bonchev–Trinajstić information content (AvgIpc) is 2.28. The van der Waals surface area contributed by atoms with Crippen molar-refractivity contribution in [2.75, 3.05) is 25.6 Å². The van der Waals surface area contributed by atoms with Gasteiger partial charge in [-0.05, 0) is 24.1 Å². The molecule has 1 fully saturated rings. The normalized spacial score (nSPS) is 17.8. The highest BCUT2D eigenvalue weighted by atomic mass is 79.9. The SMILES string of the molecule is Cc1c(Br)cccc1CSCC1(CO)COC1. The Morgan fingerprint density at radius 1 is 1.47 bits per heavy atom. The summed E-state index contributed by atoms with van der Waals surface area (Å²) in [5, 5.41) is 9.33. The number of benzene rings is 1. The fraction of sp³-hybridized carbons (Fsp3) is 0.538. The molecule has 0 saturated carbocycles. The number of ether oxygens (including phenoxy) is 1. The molecule has 0 spiro atoms. The second kappa shape index (κ2) is 5.74. The van der Waals surface area contributed by atoms with Crippen LogP contribution in [0.1, 0.15) is 11.1 Å². The first-order chi connectivity index (χ1) is 8.17. The Bertz CT molecular complexity index is 385. The maximum atomic E-state index is 9.33. The van der Waals surface area contributed by atoms with E-state index in [2.05, 4.69) is 41.1 Å². The van der Waals surface area contributed by atoms with Gasteiger partial charge in [-0.1, -0.05) is 28.1 Å². The third kappa shape index (κ3) is 3.05. The number of aliphatic hydroxyl groups is 1. The van der Waals surface area contributed by atoms with E-state index >= 15 is 0 Å². The van der Waals surface area contributed by atoms with E-state index in [0.717, 1.165) is 11.5 Å². The first kappa shape index (κ1) is 13.4. The van der Waals surface area contributed by atoms with Crippen LogP contribution in [0.4, 0.5) is 0 Å². The highest BCUT2D eigenvalue weighted by molar-refractivity contribution is 9.10. The van der Waals surface area contributed by atoms with Crippen molar-refractivity contribution in [1.29, 1.82) is 0 Å². The Balaban J connectivity index is 1.88. The lowest BCUT2D eigenvalue weighted by atomic mass is 9.90. The molecular formula is C13H17BrO2S. The second-order valence-electron chi connectivity index (χ2n) is 4.67. The van der Waals surface area contributed by atoms with Gasteiger partial charge in [0.15, 0.2) is 0 Å². The molecule has 94 valence electrons. The molecule has 0 unspecified atom stereocenters. The average molecular weight is 317 g/mol. The Morgan fingerprint density at radius 3 is 2.82 bits per heavy atom. The molecule has 1 aromatic rings. The fourth-order valence-electron chi connectivity index (χ4n) is 1.80. The van der Waals surface area contributed by atoms with Crippen molar-refractivity contribution in [3.05, 3.63) is 33.8 Å². The largest absolute Gasteiger partial charge is 0.396 e. The lowest BCUT2D eigenvalue weighted by Gasteiger charge is -2.39. The van der Waals surface area contributed by atoms with Crippen LogP contribution >= 0.6 is 27.7 Å². The highest BCUT2D eigenvalue weighted by Crippen LogP contribution is 2.33. The molecule has 2 rings (SSSR count). The van der Waals surface area contributed by atoms with Gasteiger partial charge in [-0.25, -0.2) is 0 Å². The van der Waals surface area contributed by atoms with Gasteiger partial charge in [0, 0.05) is 21.4 Å². The molecule has 1 heterocycles. The van der Waals surface area contributed by atoms with E-state index in [4.69, 9.17) is 4.74 Å². The first-order valence-electron chi connectivity index (χ1n) is 5.67. The number of rotatable bonds is 5. The quantitative estimate of drug-likeness (QED) is 0.905. The van der Waals surface area contributed by atoms with Gasteiger partial charge in [0.1, 0.15) is 0 Å². The summed E-state index contributed by atoms with van der Waals surface area (Å²) in [4.78, 5) is 0. The Kier molecular flexibility index (Phi) is 4.53. The van der Waals surface area contributed by atoms with Crippen molar-refractivity contribution in [3.8, 4) is 0 Å². The zero-order valence-corrected chi connectivity index (χ0v) is 12.3. The summed E-state index contributed by atoms with van der Waals surface area (Å²) < 4.78 is 6.36. The predicted molar refractivity (Wildman–Crippen MR) is 75.4 cm³/mol. The maximum Gasteiger partial charge on any atom is 0.0575 e. The van der Waals surface area contributed by atoms with Crippen LogP contribution in [0.25, 0.3) is 0 Å². The monoisotopic (exact) mass is 316 g/mol. The number of hydrogen-bond donors (Lipinski definition) is 1. The van der Waals surface area contributed by atoms with Gasteiger partial charge in [-0.2, -0.15) is 11.8 Å². The maximum absolute atomic E-state index is 9.33. The first-order valence-corrected chi connectivity index (χ1v) is 7.62. The minimum absolute atomic E-state index is 0.0184. The molecule has 4 heteroatoms. The van der Waals surface area contributed by atoms with Gasteiger partial charge in [-0.15, -0.1) is 0 Å². The minimum atomic E-state index is 0.0184. The highest BCUT2D eigenvalue weighted by Gasteiger charge is 2.37. The number of thioether (sulfide) groups is 1. The van der Waals surface area contributed by atoms with E-state index in [1.165, 1.54) is 15.6 Å². The Morgan fingerprint density at radius 2 is 2.24 bits per heavy atom. The lowest BCUT2D eigenvalue weighted by molar-refractivity contribution is -0.121. The van der Waals surface area contributed by atoms with E-state index in [9.17, 15) is 5.11 Å². The van der Waals surface area contributed by atoms with Crippen molar-refractivity contribution in [2.45, 2.75) is 12.7 Å².